The molecule has 1 aliphatic rings. The van der Waals surface area contributed by atoms with Crippen LogP contribution in [0.2, 0.25) is 0 Å². The van der Waals surface area contributed by atoms with E-state index in [4.69, 9.17) is 0 Å². The Bertz CT molecular complexity index is 1650. The number of rotatable bonds is 2. The van der Waals surface area contributed by atoms with E-state index in [2.05, 4.69) is 108 Å². The first-order valence-corrected chi connectivity index (χ1v) is 15.0. The third kappa shape index (κ3) is 3.75. The van der Waals surface area contributed by atoms with Gasteiger partial charge in [0.2, 0.25) is 5.69 Å². The number of hydrogen-bond acceptors (Lipinski definition) is 3. The molecule has 0 spiro atoms. The maximum absolute atomic E-state index is 2.38. The number of fused-ring (bicyclic) bond motifs is 5. The summed E-state index contributed by atoms with van der Waals surface area (Å²) in [4.78, 5) is 4.55. The van der Waals surface area contributed by atoms with Gasteiger partial charge in [-0.3, -0.25) is 0 Å². The maximum Gasteiger partial charge on any atom is 0.223 e. The molecule has 4 heterocycles. The Hall–Kier alpha value is -1.88. The van der Waals surface area contributed by atoms with Crippen molar-refractivity contribution in [2.45, 2.75) is 71.1 Å². The molecule has 0 radical (unpaired) electrons. The topological polar surface area (TPSA) is 3.88 Å². The van der Waals surface area contributed by atoms with E-state index in [1.165, 1.54) is 56.9 Å². The Morgan fingerprint density at radius 1 is 0.800 bits per heavy atom. The molecule has 180 valence electrons. The van der Waals surface area contributed by atoms with E-state index in [0.29, 0.717) is 0 Å². The van der Waals surface area contributed by atoms with Crippen LogP contribution in [-0.2, 0) is 19.9 Å². The lowest BCUT2D eigenvalue weighted by Crippen LogP contribution is -2.31. The van der Waals surface area contributed by atoms with E-state index in [-0.39, 0.29) is 10.8 Å². The lowest BCUT2D eigenvalue weighted by atomic mass is 9.84. The molecule has 6 rings (SSSR count). The van der Waals surface area contributed by atoms with Crippen molar-refractivity contribution >= 4 is 64.7 Å². The van der Waals surface area contributed by atoms with E-state index in [0.717, 1.165) is 12.8 Å². The van der Waals surface area contributed by atoms with Crippen LogP contribution in [0.1, 0.15) is 57.5 Å². The predicted octanol–water partition coefficient (Wildman–Crippen LogP) is 9.71. The van der Waals surface area contributed by atoms with Gasteiger partial charge in [0, 0.05) is 45.6 Å². The summed E-state index contributed by atoms with van der Waals surface area (Å²) in [6.45, 7) is 16.6. The summed E-state index contributed by atoms with van der Waals surface area (Å²) >= 11 is 6.05. The molecular weight excluding hydrogens is 483 g/mol. The molecular formula is C31H34NS3+. The fraction of sp³-hybridized carbons (Fsp3) is 0.387. The number of hydrogen-bond donors (Lipinski definition) is 0. The van der Waals surface area contributed by atoms with Gasteiger partial charge < -0.3 is 0 Å². The highest BCUT2D eigenvalue weighted by Gasteiger charge is 2.36. The summed E-state index contributed by atoms with van der Waals surface area (Å²) < 4.78 is 6.68. The molecule has 0 unspecified atom stereocenters. The van der Waals surface area contributed by atoms with Crippen molar-refractivity contribution in [2.24, 2.45) is 17.9 Å². The highest BCUT2D eigenvalue weighted by molar-refractivity contribution is 8.00. The van der Waals surface area contributed by atoms with Crippen LogP contribution in [-0.4, -0.2) is 0 Å². The quantitative estimate of drug-likeness (QED) is 0.207. The van der Waals surface area contributed by atoms with Crippen LogP contribution in [0.4, 0.5) is 0 Å². The largest absolute Gasteiger partial charge is 0.223 e. The SMILES string of the molecule is Cc1c2c(c(CC(C)(C)C)c3c1sc1ccccc13)Sc1c(CC(C)(C)C)sc3cc[n+](C)c-2c13. The van der Waals surface area contributed by atoms with Gasteiger partial charge in [0.25, 0.3) is 0 Å². The number of pyridine rings is 1. The van der Waals surface area contributed by atoms with Gasteiger partial charge in [-0.15, -0.1) is 22.7 Å². The average Bonchev–Trinajstić information content (AvgIpc) is 3.30. The fourth-order valence-electron chi connectivity index (χ4n) is 5.62. The van der Waals surface area contributed by atoms with E-state index >= 15 is 0 Å². The monoisotopic (exact) mass is 516 g/mol. The van der Waals surface area contributed by atoms with Gasteiger partial charge >= 0.3 is 0 Å². The van der Waals surface area contributed by atoms with Crippen molar-refractivity contribution in [3.63, 3.8) is 0 Å². The minimum absolute atomic E-state index is 0.205. The molecule has 0 saturated carbocycles. The first-order chi connectivity index (χ1) is 16.4. The zero-order valence-corrected chi connectivity index (χ0v) is 24.5. The Balaban J connectivity index is 1.78. The lowest BCUT2D eigenvalue weighted by Gasteiger charge is -2.27. The smallest absolute Gasteiger partial charge is 0.200 e. The average molecular weight is 517 g/mol. The van der Waals surface area contributed by atoms with Crippen LogP contribution in [0.15, 0.2) is 46.3 Å². The molecule has 0 N–H and O–H groups in total. The molecule has 0 amide bonds. The molecule has 1 nitrogen and oxygen atoms in total. The van der Waals surface area contributed by atoms with Gasteiger partial charge in [-0.25, -0.2) is 4.57 Å². The summed E-state index contributed by atoms with van der Waals surface area (Å²) in [6.07, 6.45) is 4.47. The number of benzene rings is 2. The van der Waals surface area contributed by atoms with Crippen molar-refractivity contribution in [2.75, 3.05) is 0 Å². The van der Waals surface area contributed by atoms with Gasteiger partial charge in [-0.1, -0.05) is 71.5 Å². The van der Waals surface area contributed by atoms with Crippen LogP contribution in [0.3, 0.4) is 0 Å². The Labute approximate surface area is 221 Å². The third-order valence-electron chi connectivity index (χ3n) is 6.95. The van der Waals surface area contributed by atoms with E-state index in [1.807, 2.05) is 22.7 Å². The minimum atomic E-state index is 0.205. The molecule has 5 aromatic rings. The molecule has 0 atom stereocenters. The summed E-state index contributed by atoms with van der Waals surface area (Å²) in [6, 6.07) is 11.3. The summed E-state index contributed by atoms with van der Waals surface area (Å²) in [5.74, 6) is 0. The molecule has 0 aliphatic carbocycles. The Morgan fingerprint density at radius 3 is 2.23 bits per heavy atom. The number of thiophene rings is 2. The van der Waals surface area contributed by atoms with Crippen LogP contribution in [0.25, 0.3) is 41.5 Å². The van der Waals surface area contributed by atoms with Crippen LogP contribution >= 0.6 is 34.4 Å². The van der Waals surface area contributed by atoms with Gasteiger partial charge in [-0.2, -0.15) is 0 Å². The fourth-order valence-corrected chi connectivity index (χ4v) is 9.91. The van der Waals surface area contributed by atoms with Crippen LogP contribution in [0, 0.1) is 17.8 Å². The standard InChI is InChI=1S/C31H34NS3/c1-17-23-26-25-21(13-14-32(26)8)33-22(16-31(5,6)7)29(25)35-28(23)19(15-30(2,3)4)24-18-11-9-10-12-20(18)34-27(17)24/h9-14H,15-16H2,1-8H3/q+1. The summed E-state index contributed by atoms with van der Waals surface area (Å²) in [5, 5.41) is 4.39. The van der Waals surface area contributed by atoms with Gasteiger partial charge in [-0.05, 0) is 47.8 Å². The van der Waals surface area contributed by atoms with Crippen molar-refractivity contribution in [3.05, 3.63) is 52.5 Å². The second-order valence-electron chi connectivity index (χ2n) is 12.6. The number of nitrogens with zero attached hydrogens (tertiary/aromatic N) is 1. The first-order valence-electron chi connectivity index (χ1n) is 12.5. The predicted molar refractivity (Wildman–Crippen MR) is 157 cm³/mol. The summed E-state index contributed by atoms with van der Waals surface area (Å²) in [5.41, 5.74) is 6.34. The molecule has 2 aromatic carbocycles. The lowest BCUT2D eigenvalue weighted by molar-refractivity contribution is -0.659. The van der Waals surface area contributed by atoms with Gasteiger partial charge in [0.15, 0.2) is 6.20 Å². The number of aromatic nitrogens is 1. The third-order valence-corrected chi connectivity index (χ3v) is 10.8. The number of aryl methyl sites for hydroxylation is 2. The molecule has 3 aromatic heterocycles. The van der Waals surface area contributed by atoms with Gasteiger partial charge in [0.1, 0.15) is 7.05 Å². The highest BCUT2D eigenvalue weighted by Crippen LogP contribution is 2.57. The highest BCUT2D eigenvalue weighted by atomic mass is 32.2. The minimum Gasteiger partial charge on any atom is -0.200 e. The zero-order chi connectivity index (χ0) is 24.9. The normalized spacial score (nSPS) is 13.8. The van der Waals surface area contributed by atoms with Crippen molar-refractivity contribution in [1.82, 2.24) is 0 Å². The van der Waals surface area contributed by atoms with Crippen LogP contribution in [0.5, 0.6) is 0 Å². The van der Waals surface area contributed by atoms with Crippen molar-refractivity contribution in [1.29, 1.82) is 0 Å². The zero-order valence-electron chi connectivity index (χ0n) is 22.1. The molecule has 0 bridgehead atoms. The van der Waals surface area contributed by atoms with E-state index in [1.54, 1.807) is 10.4 Å². The second-order valence-corrected chi connectivity index (χ2v) is 15.8. The summed E-state index contributed by atoms with van der Waals surface area (Å²) in [7, 11) is 2.23. The van der Waals surface area contributed by atoms with Crippen molar-refractivity contribution < 1.29 is 4.57 Å². The maximum atomic E-state index is 2.38. The molecule has 4 heteroatoms. The van der Waals surface area contributed by atoms with Gasteiger partial charge in [0.05, 0.1) is 10.9 Å². The second kappa shape index (κ2) is 7.81. The molecule has 1 aliphatic heterocycles. The Morgan fingerprint density at radius 2 is 1.51 bits per heavy atom. The van der Waals surface area contributed by atoms with E-state index < -0.39 is 0 Å². The molecule has 0 saturated heterocycles. The molecule has 0 fully saturated rings. The van der Waals surface area contributed by atoms with Crippen LogP contribution < -0.4 is 4.57 Å². The Kier molecular flexibility index (Phi) is 5.25. The van der Waals surface area contributed by atoms with E-state index in [9.17, 15) is 0 Å². The molecule has 35 heavy (non-hydrogen) atoms. The van der Waals surface area contributed by atoms with Crippen molar-refractivity contribution in [3.8, 4) is 11.3 Å². The first kappa shape index (κ1) is 23.5.